The van der Waals surface area contributed by atoms with E-state index in [9.17, 15) is 0 Å². The molecule has 1 aromatic carbocycles. The second-order valence-corrected chi connectivity index (χ2v) is 4.34. The fourth-order valence-corrected chi connectivity index (χ4v) is 1.71. The predicted octanol–water partition coefficient (Wildman–Crippen LogP) is 3.06. The summed E-state index contributed by atoms with van der Waals surface area (Å²) < 4.78 is 1.02. The molecule has 3 heteroatoms. The van der Waals surface area contributed by atoms with Gasteiger partial charge >= 0.3 is 0 Å². The average molecular weight is 251 g/mol. The molecule has 72 valence electrons. The Bertz CT molecular complexity index is 466. The maximum Gasteiger partial charge on any atom is 0.0723 e. The highest BCUT2D eigenvalue weighted by atomic mass is 79.9. The minimum atomic E-state index is 1.02. The Morgan fingerprint density at radius 1 is 1.21 bits per heavy atom. The highest BCUT2D eigenvalue weighted by molar-refractivity contribution is 9.10. The van der Waals surface area contributed by atoms with Crippen LogP contribution in [0.1, 0.15) is 0 Å². The minimum Gasteiger partial charge on any atom is -0.378 e. The van der Waals surface area contributed by atoms with E-state index in [2.05, 4.69) is 50.1 Å². The molecule has 0 unspecified atom stereocenters. The zero-order valence-electron chi connectivity index (χ0n) is 8.16. The zero-order valence-corrected chi connectivity index (χ0v) is 9.75. The first-order valence-corrected chi connectivity index (χ1v) is 5.19. The van der Waals surface area contributed by atoms with Crippen molar-refractivity contribution < 1.29 is 0 Å². The normalized spacial score (nSPS) is 10.5. The van der Waals surface area contributed by atoms with E-state index in [1.54, 1.807) is 0 Å². The summed E-state index contributed by atoms with van der Waals surface area (Å²) in [5.41, 5.74) is 2.20. The van der Waals surface area contributed by atoms with Crippen molar-refractivity contribution in [2.45, 2.75) is 0 Å². The van der Waals surface area contributed by atoms with Gasteiger partial charge in [0.05, 0.1) is 5.52 Å². The summed E-state index contributed by atoms with van der Waals surface area (Å²) in [5, 5.41) is 1.16. The first-order valence-electron chi connectivity index (χ1n) is 4.39. The van der Waals surface area contributed by atoms with Crippen LogP contribution in [0.3, 0.4) is 0 Å². The van der Waals surface area contributed by atoms with Crippen LogP contribution in [0.5, 0.6) is 0 Å². The van der Waals surface area contributed by atoms with Gasteiger partial charge in [-0.25, -0.2) is 0 Å². The van der Waals surface area contributed by atoms with Crippen LogP contribution in [0.2, 0.25) is 0 Å². The van der Waals surface area contributed by atoms with E-state index in [0.29, 0.717) is 0 Å². The standard InChI is InChI=1S/C11H11BrN2/c1-14(2)10-4-3-8-5-9(12)7-13-11(8)6-10/h3-7H,1-2H3. The van der Waals surface area contributed by atoms with Crippen LogP contribution in [-0.2, 0) is 0 Å². The van der Waals surface area contributed by atoms with Gasteiger partial charge in [0.25, 0.3) is 0 Å². The fraction of sp³-hybridized carbons (Fsp3) is 0.182. The number of halogens is 1. The van der Waals surface area contributed by atoms with Crippen molar-refractivity contribution >= 4 is 32.5 Å². The molecule has 0 saturated heterocycles. The molecule has 0 aliphatic heterocycles. The SMILES string of the molecule is CN(C)c1ccc2cc(Br)cnc2c1. The summed E-state index contributed by atoms with van der Waals surface area (Å²) in [6.07, 6.45) is 1.82. The van der Waals surface area contributed by atoms with Crippen LogP contribution >= 0.6 is 15.9 Å². The topological polar surface area (TPSA) is 16.1 Å². The smallest absolute Gasteiger partial charge is 0.0723 e. The number of fused-ring (bicyclic) bond motifs is 1. The molecular weight excluding hydrogens is 240 g/mol. The lowest BCUT2D eigenvalue weighted by atomic mass is 10.2. The first-order chi connectivity index (χ1) is 6.66. The quantitative estimate of drug-likeness (QED) is 0.774. The van der Waals surface area contributed by atoms with Crippen LogP contribution in [-0.4, -0.2) is 19.1 Å². The maximum atomic E-state index is 4.35. The molecule has 2 rings (SSSR count). The summed E-state index contributed by atoms with van der Waals surface area (Å²) in [6, 6.07) is 8.34. The number of pyridine rings is 1. The van der Waals surface area contributed by atoms with Gasteiger partial charge < -0.3 is 4.90 Å². The largest absolute Gasteiger partial charge is 0.378 e. The molecule has 0 atom stereocenters. The van der Waals surface area contributed by atoms with E-state index in [1.165, 1.54) is 5.69 Å². The summed E-state index contributed by atoms with van der Waals surface area (Å²) in [7, 11) is 4.06. The molecular formula is C11H11BrN2. The van der Waals surface area contributed by atoms with Gasteiger partial charge in [-0.1, -0.05) is 6.07 Å². The molecule has 14 heavy (non-hydrogen) atoms. The van der Waals surface area contributed by atoms with Crippen molar-refractivity contribution in [1.29, 1.82) is 0 Å². The van der Waals surface area contributed by atoms with E-state index in [4.69, 9.17) is 0 Å². The molecule has 0 saturated carbocycles. The first kappa shape index (κ1) is 9.46. The molecule has 0 aliphatic carbocycles. The van der Waals surface area contributed by atoms with Gasteiger partial charge in [0.15, 0.2) is 0 Å². The summed E-state index contributed by atoms with van der Waals surface area (Å²) >= 11 is 3.41. The third kappa shape index (κ3) is 1.73. The van der Waals surface area contributed by atoms with Gasteiger partial charge in [-0.05, 0) is 34.1 Å². The van der Waals surface area contributed by atoms with Gasteiger partial charge in [-0.15, -0.1) is 0 Å². The van der Waals surface area contributed by atoms with Crippen molar-refractivity contribution in [1.82, 2.24) is 4.98 Å². The van der Waals surface area contributed by atoms with Crippen LogP contribution in [0.15, 0.2) is 34.9 Å². The number of anilines is 1. The lowest BCUT2D eigenvalue weighted by Gasteiger charge is -2.12. The van der Waals surface area contributed by atoms with Crippen LogP contribution < -0.4 is 4.90 Å². The average Bonchev–Trinajstić information content (AvgIpc) is 2.16. The highest BCUT2D eigenvalue weighted by Gasteiger charge is 1.99. The second kappa shape index (κ2) is 3.58. The van der Waals surface area contributed by atoms with Gasteiger partial charge in [0.1, 0.15) is 0 Å². The third-order valence-corrected chi connectivity index (χ3v) is 2.58. The van der Waals surface area contributed by atoms with Gasteiger partial charge in [-0.3, -0.25) is 4.98 Å². The molecule has 0 amide bonds. The second-order valence-electron chi connectivity index (χ2n) is 3.42. The highest BCUT2D eigenvalue weighted by Crippen LogP contribution is 2.21. The van der Waals surface area contributed by atoms with Gasteiger partial charge in [0.2, 0.25) is 0 Å². The van der Waals surface area contributed by atoms with E-state index < -0.39 is 0 Å². The van der Waals surface area contributed by atoms with E-state index >= 15 is 0 Å². The van der Waals surface area contributed by atoms with Crippen LogP contribution in [0, 0.1) is 0 Å². The summed E-state index contributed by atoms with van der Waals surface area (Å²) in [5.74, 6) is 0. The molecule has 2 nitrogen and oxygen atoms in total. The van der Waals surface area contributed by atoms with Gasteiger partial charge in [0, 0.05) is 35.8 Å². The molecule has 0 bridgehead atoms. The lowest BCUT2D eigenvalue weighted by molar-refractivity contribution is 1.13. The van der Waals surface area contributed by atoms with E-state index in [-0.39, 0.29) is 0 Å². The van der Waals surface area contributed by atoms with Crippen molar-refractivity contribution in [3.8, 4) is 0 Å². The number of aromatic nitrogens is 1. The molecule has 1 heterocycles. The number of nitrogens with zero attached hydrogens (tertiary/aromatic N) is 2. The monoisotopic (exact) mass is 250 g/mol. The number of rotatable bonds is 1. The van der Waals surface area contributed by atoms with E-state index in [0.717, 1.165) is 15.4 Å². The number of benzene rings is 1. The molecule has 1 aromatic heterocycles. The Morgan fingerprint density at radius 3 is 2.71 bits per heavy atom. The van der Waals surface area contributed by atoms with Crippen molar-refractivity contribution in [3.05, 3.63) is 34.9 Å². The molecule has 0 N–H and O–H groups in total. The maximum absolute atomic E-state index is 4.35. The Kier molecular flexibility index (Phi) is 2.42. The summed E-state index contributed by atoms with van der Waals surface area (Å²) in [6.45, 7) is 0. The Labute approximate surface area is 91.7 Å². The molecule has 0 radical (unpaired) electrons. The fourth-order valence-electron chi connectivity index (χ4n) is 1.36. The predicted molar refractivity (Wildman–Crippen MR) is 63.8 cm³/mol. The molecule has 0 fully saturated rings. The third-order valence-electron chi connectivity index (χ3n) is 2.15. The molecule has 0 aliphatic rings. The lowest BCUT2D eigenvalue weighted by Crippen LogP contribution is -2.08. The minimum absolute atomic E-state index is 1.02. The van der Waals surface area contributed by atoms with Crippen molar-refractivity contribution in [3.63, 3.8) is 0 Å². The number of hydrogen-bond donors (Lipinski definition) is 0. The molecule has 2 aromatic rings. The Hall–Kier alpha value is -1.09. The van der Waals surface area contributed by atoms with Crippen molar-refractivity contribution in [2.75, 3.05) is 19.0 Å². The van der Waals surface area contributed by atoms with Crippen LogP contribution in [0.4, 0.5) is 5.69 Å². The van der Waals surface area contributed by atoms with E-state index in [1.807, 2.05) is 20.3 Å². The zero-order chi connectivity index (χ0) is 10.1. The summed E-state index contributed by atoms with van der Waals surface area (Å²) in [4.78, 5) is 6.42. The number of hydrogen-bond acceptors (Lipinski definition) is 2. The molecule has 0 spiro atoms. The van der Waals surface area contributed by atoms with Crippen LogP contribution in [0.25, 0.3) is 10.9 Å². The Morgan fingerprint density at radius 2 is 2.00 bits per heavy atom. The van der Waals surface area contributed by atoms with Gasteiger partial charge in [-0.2, -0.15) is 0 Å². The van der Waals surface area contributed by atoms with Crippen molar-refractivity contribution in [2.24, 2.45) is 0 Å². The Balaban J connectivity index is 2.62.